The lowest BCUT2D eigenvalue weighted by Crippen LogP contribution is -2.05. The molecule has 2 N–H and O–H groups in total. The van der Waals surface area contributed by atoms with Crippen LogP contribution in [0.3, 0.4) is 0 Å². The van der Waals surface area contributed by atoms with Crippen molar-refractivity contribution in [2.24, 2.45) is 0 Å². The average molecular weight is 398 g/mol. The predicted molar refractivity (Wildman–Crippen MR) is 85.3 cm³/mol. The molecule has 0 atom stereocenters. The third-order valence-corrected chi connectivity index (χ3v) is 4.40. The monoisotopic (exact) mass is 396 g/mol. The van der Waals surface area contributed by atoms with Crippen molar-refractivity contribution in [3.8, 4) is 0 Å². The summed E-state index contributed by atoms with van der Waals surface area (Å²) in [5.41, 5.74) is 2.67. The minimum Gasteiger partial charge on any atom is -0.477 e. The molecule has 6 heteroatoms. The predicted octanol–water partition coefficient (Wildman–Crippen LogP) is 4.50. The van der Waals surface area contributed by atoms with E-state index in [0.717, 1.165) is 36.3 Å². The van der Waals surface area contributed by atoms with Gasteiger partial charge in [0.2, 0.25) is 0 Å². The first-order valence-corrected chi connectivity index (χ1v) is 7.63. The van der Waals surface area contributed by atoms with Crippen molar-refractivity contribution in [1.29, 1.82) is 0 Å². The maximum Gasteiger partial charge on any atom is 0.354 e. The highest BCUT2D eigenvalue weighted by molar-refractivity contribution is 9.11. The van der Waals surface area contributed by atoms with Crippen molar-refractivity contribution < 1.29 is 9.90 Å². The highest BCUT2D eigenvalue weighted by Gasteiger charge is 2.18. The number of hydrogen-bond acceptors (Lipinski definition) is 2. The quantitative estimate of drug-likeness (QED) is 0.668. The molecule has 3 rings (SSSR count). The largest absolute Gasteiger partial charge is 0.477 e. The molecule has 0 aliphatic rings. The number of halogens is 2. The van der Waals surface area contributed by atoms with Gasteiger partial charge in [0.1, 0.15) is 0 Å². The van der Waals surface area contributed by atoms with Gasteiger partial charge >= 0.3 is 5.97 Å². The van der Waals surface area contributed by atoms with Gasteiger partial charge in [-0.1, -0.05) is 22.9 Å². The van der Waals surface area contributed by atoms with Gasteiger partial charge in [-0.2, -0.15) is 0 Å². The number of H-pyrrole nitrogens is 1. The topological polar surface area (TPSA) is 66.0 Å². The van der Waals surface area contributed by atoms with E-state index in [4.69, 9.17) is 0 Å². The van der Waals surface area contributed by atoms with E-state index in [1.165, 1.54) is 0 Å². The number of carbonyl (C=O) groups is 1. The van der Waals surface area contributed by atoms with Crippen LogP contribution in [0.2, 0.25) is 0 Å². The first-order chi connectivity index (χ1) is 9.52. The molecular weight excluding hydrogens is 388 g/mol. The standard InChI is InChI=1S/C14H10Br2N2O2/c1-2-7-11-8-3-6(15)4-9(16)12(8)18-10(11)5-17-13(7)14(19)20/h3-5,18H,2H2,1H3,(H,19,20). The molecule has 0 unspecified atom stereocenters. The average Bonchev–Trinajstić information content (AvgIpc) is 2.76. The molecule has 3 aromatic rings. The lowest BCUT2D eigenvalue weighted by Gasteiger charge is -2.05. The number of carboxylic acid groups (broad SMARTS) is 1. The first kappa shape index (κ1) is 13.6. The Balaban J connectivity index is 2.55. The smallest absolute Gasteiger partial charge is 0.354 e. The van der Waals surface area contributed by atoms with Crippen LogP contribution in [0.1, 0.15) is 23.0 Å². The summed E-state index contributed by atoms with van der Waals surface area (Å²) in [6, 6.07) is 3.94. The minimum atomic E-state index is -0.993. The van der Waals surface area contributed by atoms with Crippen LogP contribution < -0.4 is 0 Å². The van der Waals surface area contributed by atoms with Gasteiger partial charge in [-0.3, -0.25) is 0 Å². The number of aryl methyl sites for hydroxylation is 1. The Morgan fingerprint density at radius 1 is 1.40 bits per heavy atom. The Morgan fingerprint density at radius 2 is 2.15 bits per heavy atom. The highest BCUT2D eigenvalue weighted by Crippen LogP contribution is 2.35. The van der Waals surface area contributed by atoms with Gasteiger partial charge in [-0.05, 0) is 40.0 Å². The molecular formula is C14H10Br2N2O2. The van der Waals surface area contributed by atoms with Crippen molar-refractivity contribution in [1.82, 2.24) is 9.97 Å². The van der Waals surface area contributed by atoms with Crippen LogP contribution in [0.4, 0.5) is 0 Å². The summed E-state index contributed by atoms with van der Waals surface area (Å²) < 4.78 is 1.87. The Hall–Kier alpha value is -1.40. The number of fused-ring (bicyclic) bond motifs is 3. The summed E-state index contributed by atoms with van der Waals surface area (Å²) in [7, 11) is 0. The van der Waals surface area contributed by atoms with Crippen molar-refractivity contribution in [2.45, 2.75) is 13.3 Å². The second-order valence-corrected chi connectivity index (χ2v) is 6.24. The van der Waals surface area contributed by atoms with Crippen LogP contribution >= 0.6 is 31.9 Å². The van der Waals surface area contributed by atoms with Gasteiger partial charge in [0.25, 0.3) is 0 Å². The highest BCUT2D eigenvalue weighted by atomic mass is 79.9. The number of nitrogens with zero attached hydrogens (tertiary/aromatic N) is 1. The molecule has 2 heterocycles. The molecule has 0 saturated carbocycles. The number of aromatic nitrogens is 2. The third-order valence-electron chi connectivity index (χ3n) is 3.32. The number of hydrogen-bond donors (Lipinski definition) is 2. The lowest BCUT2D eigenvalue weighted by atomic mass is 10.0. The van der Waals surface area contributed by atoms with Gasteiger partial charge < -0.3 is 10.1 Å². The molecule has 0 aliphatic carbocycles. The van der Waals surface area contributed by atoms with Crippen molar-refractivity contribution in [3.63, 3.8) is 0 Å². The van der Waals surface area contributed by atoms with Gasteiger partial charge in [-0.25, -0.2) is 9.78 Å². The molecule has 0 fully saturated rings. The van der Waals surface area contributed by atoms with E-state index < -0.39 is 5.97 Å². The first-order valence-electron chi connectivity index (χ1n) is 6.04. The van der Waals surface area contributed by atoms with Crippen LogP contribution in [-0.4, -0.2) is 21.0 Å². The molecule has 2 aromatic heterocycles. The zero-order valence-corrected chi connectivity index (χ0v) is 13.7. The molecule has 1 aromatic carbocycles. The minimum absolute atomic E-state index is 0.122. The van der Waals surface area contributed by atoms with Crippen LogP contribution in [0, 0.1) is 0 Å². The van der Waals surface area contributed by atoms with Gasteiger partial charge in [0.05, 0.1) is 17.2 Å². The maximum absolute atomic E-state index is 11.3. The Kier molecular flexibility index (Phi) is 3.30. The van der Waals surface area contributed by atoms with E-state index in [0.29, 0.717) is 6.42 Å². The number of aromatic amines is 1. The zero-order chi connectivity index (χ0) is 14.4. The molecule has 4 nitrogen and oxygen atoms in total. The number of pyridine rings is 1. The molecule has 0 saturated heterocycles. The summed E-state index contributed by atoms with van der Waals surface area (Å²) in [6.45, 7) is 1.94. The molecule has 0 radical (unpaired) electrons. The lowest BCUT2D eigenvalue weighted by molar-refractivity contribution is 0.0689. The summed E-state index contributed by atoms with van der Waals surface area (Å²) in [4.78, 5) is 18.7. The number of carboxylic acids is 1. The van der Waals surface area contributed by atoms with Crippen molar-refractivity contribution in [2.75, 3.05) is 0 Å². The number of nitrogens with one attached hydrogen (secondary N) is 1. The second kappa shape index (κ2) is 4.86. The number of benzene rings is 1. The van der Waals surface area contributed by atoms with E-state index in [2.05, 4.69) is 41.8 Å². The Labute approximate surface area is 131 Å². The zero-order valence-electron chi connectivity index (χ0n) is 10.5. The SMILES string of the molecule is CCc1c(C(=O)O)ncc2[nH]c3c(Br)cc(Br)cc3c12. The third kappa shape index (κ3) is 1.94. The van der Waals surface area contributed by atoms with E-state index in [1.54, 1.807) is 6.20 Å². The molecule has 102 valence electrons. The maximum atomic E-state index is 11.3. The van der Waals surface area contributed by atoms with Gasteiger partial charge in [0, 0.05) is 19.7 Å². The van der Waals surface area contributed by atoms with E-state index in [1.807, 2.05) is 19.1 Å². The molecule has 0 aliphatic heterocycles. The summed E-state index contributed by atoms with van der Waals surface area (Å²) >= 11 is 6.99. The van der Waals surface area contributed by atoms with Gasteiger partial charge in [-0.15, -0.1) is 0 Å². The molecule has 20 heavy (non-hydrogen) atoms. The Morgan fingerprint density at radius 3 is 2.80 bits per heavy atom. The fourth-order valence-corrected chi connectivity index (χ4v) is 3.84. The van der Waals surface area contributed by atoms with Crippen molar-refractivity contribution in [3.05, 3.63) is 38.5 Å². The van der Waals surface area contributed by atoms with E-state index >= 15 is 0 Å². The number of aromatic carboxylic acids is 1. The molecule has 0 spiro atoms. The normalized spacial score (nSPS) is 11.3. The summed E-state index contributed by atoms with van der Waals surface area (Å²) in [5, 5.41) is 11.2. The van der Waals surface area contributed by atoms with E-state index in [-0.39, 0.29) is 5.69 Å². The second-order valence-electron chi connectivity index (χ2n) is 4.47. The molecule has 0 amide bonds. The molecule has 0 bridgehead atoms. The van der Waals surface area contributed by atoms with Crippen molar-refractivity contribution >= 4 is 59.6 Å². The fraction of sp³-hybridized carbons (Fsp3) is 0.143. The van der Waals surface area contributed by atoms with Crippen LogP contribution in [0.15, 0.2) is 27.3 Å². The summed E-state index contributed by atoms with van der Waals surface area (Å²) in [6.07, 6.45) is 2.20. The van der Waals surface area contributed by atoms with Crippen LogP contribution in [-0.2, 0) is 6.42 Å². The van der Waals surface area contributed by atoms with Crippen LogP contribution in [0.25, 0.3) is 21.8 Å². The number of rotatable bonds is 2. The van der Waals surface area contributed by atoms with Gasteiger partial charge in [0.15, 0.2) is 5.69 Å². The Bertz CT molecular complexity index is 855. The van der Waals surface area contributed by atoms with E-state index in [9.17, 15) is 9.90 Å². The van der Waals surface area contributed by atoms with Crippen LogP contribution in [0.5, 0.6) is 0 Å². The fourth-order valence-electron chi connectivity index (χ4n) is 2.52. The summed E-state index contributed by atoms with van der Waals surface area (Å²) in [5.74, 6) is -0.993.